The molecule has 0 amide bonds. The van der Waals surface area contributed by atoms with Gasteiger partial charge in [-0.3, -0.25) is 14.6 Å². The van der Waals surface area contributed by atoms with Gasteiger partial charge in [0.05, 0.1) is 19.3 Å². The molecule has 14 nitrogen and oxygen atoms in total. The largest absolute Gasteiger partial charge is 0.463 e. The number of fused-ring (bicyclic) bond motifs is 3. The van der Waals surface area contributed by atoms with Crippen LogP contribution >= 0.6 is 0 Å². The summed E-state index contributed by atoms with van der Waals surface area (Å²) in [5.74, 6) is -0.0322. The maximum atomic E-state index is 15.2. The van der Waals surface area contributed by atoms with Gasteiger partial charge in [0.25, 0.3) is 5.60 Å². The number of nitrogens with zero attached hydrogens (tertiary/aromatic N) is 3. The number of nitrogens with one attached hydrogen (secondary N) is 4. The molecule has 8 N–H and O–H groups in total. The summed E-state index contributed by atoms with van der Waals surface area (Å²) in [6, 6.07) is 12.6. The van der Waals surface area contributed by atoms with Crippen molar-refractivity contribution in [1.82, 2.24) is 25.9 Å². The lowest BCUT2D eigenvalue weighted by Gasteiger charge is -2.36. The fraction of sp³-hybridized carbons (Fsp3) is 0.469. The average Bonchev–Trinajstić information content (AvgIpc) is 3.98. The van der Waals surface area contributed by atoms with Crippen molar-refractivity contribution in [2.75, 3.05) is 45.0 Å². The highest BCUT2D eigenvalue weighted by atomic mass is 16.7. The van der Waals surface area contributed by atoms with E-state index in [2.05, 4.69) is 75.2 Å². The molecular formula is C49H63N9O5. The fourth-order valence-corrected chi connectivity index (χ4v) is 9.71. The van der Waals surface area contributed by atoms with Gasteiger partial charge in [-0.15, -0.1) is 0 Å². The van der Waals surface area contributed by atoms with Gasteiger partial charge in [-0.1, -0.05) is 74.9 Å². The number of benzene rings is 1. The number of anilines is 2. The van der Waals surface area contributed by atoms with Crippen LogP contribution in [0.15, 0.2) is 95.3 Å². The van der Waals surface area contributed by atoms with E-state index in [1.165, 1.54) is 5.57 Å². The van der Waals surface area contributed by atoms with E-state index in [-0.39, 0.29) is 53.5 Å². The first-order valence-corrected chi connectivity index (χ1v) is 22.1. The number of pyridine rings is 2. The lowest BCUT2D eigenvalue weighted by molar-refractivity contribution is -0.150. The number of guanidine groups is 1. The van der Waals surface area contributed by atoms with Crippen LogP contribution in [0.3, 0.4) is 0 Å². The molecule has 1 aromatic carbocycles. The molecule has 2 aromatic heterocycles. The van der Waals surface area contributed by atoms with Gasteiger partial charge in [-0.05, 0) is 111 Å². The van der Waals surface area contributed by atoms with E-state index >= 15 is 9.59 Å². The van der Waals surface area contributed by atoms with Crippen molar-refractivity contribution in [3.63, 3.8) is 0 Å². The van der Waals surface area contributed by atoms with E-state index in [9.17, 15) is 4.79 Å². The monoisotopic (exact) mass is 857 g/mol. The SMILES string of the molecule is CCNC1C=C2C=CCCC2CC1COC(=O)C12OC1(CC=C(C)CC(NC(N)=NC)c1ccnc(NCNC)c1)C(=O)c1cccc(CC(C)(C)Cc3ccc(N)nc3)c1C2=O. The number of hydrogen-bond donors (Lipinski definition) is 6. The summed E-state index contributed by atoms with van der Waals surface area (Å²) < 4.78 is 12.7. The second-order valence-electron chi connectivity index (χ2n) is 18.2. The molecule has 0 radical (unpaired) electrons. The van der Waals surface area contributed by atoms with Crippen molar-refractivity contribution in [3.8, 4) is 0 Å². The molecular weight excluding hydrogens is 795 g/mol. The molecule has 0 bridgehead atoms. The van der Waals surface area contributed by atoms with Crippen LogP contribution in [-0.2, 0) is 27.1 Å². The van der Waals surface area contributed by atoms with Gasteiger partial charge in [0.1, 0.15) is 11.6 Å². The molecule has 0 saturated carbocycles. The highest BCUT2D eigenvalue weighted by molar-refractivity contribution is 6.33. The first-order valence-electron chi connectivity index (χ1n) is 22.1. The first kappa shape index (κ1) is 45.3. The lowest BCUT2D eigenvalue weighted by atomic mass is 9.69. The summed E-state index contributed by atoms with van der Waals surface area (Å²) in [6.45, 7) is 9.57. The third-order valence-corrected chi connectivity index (χ3v) is 12.9. The lowest BCUT2D eigenvalue weighted by Crippen LogP contribution is -2.51. The van der Waals surface area contributed by atoms with E-state index in [4.69, 9.17) is 20.9 Å². The number of hydrogen-bond acceptors (Lipinski definition) is 12. The molecule has 3 aliphatic carbocycles. The summed E-state index contributed by atoms with van der Waals surface area (Å²) in [5, 5.41) is 13.1. The van der Waals surface area contributed by atoms with Gasteiger partial charge in [0.15, 0.2) is 17.3 Å². The van der Waals surface area contributed by atoms with E-state index in [0.29, 0.717) is 49.0 Å². The first-order chi connectivity index (χ1) is 30.2. The minimum absolute atomic E-state index is 0.0109. The van der Waals surface area contributed by atoms with Crippen LogP contribution in [-0.4, -0.2) is 84.6 Å². The Hall–Kier alpha value is -5.70. The number of carbonyl (C=O) groups excluding carboxylic acids is 3. The molecule has 334 valence electrons. The minimum atomic E-state index is -2.14. The van der Waals surface area contributed by atoms with E-state index < -0.39 is 28.7 Å². The number of rotatable bonds is 18. The van der Waals surface area contributed by atoms with Gasteiger partial charge in [0, 0.05) is 48.9 Å². The molecule has 1 aliphatic heterocycles. The zero-order chi connectivity index (χ0) is 44.9. The summed E-state index contributed by atoms with van der Waals surface area (Å²) >= 11 is 0. The third-order valence-electron chi connectivity index (χ3n) is 12.9. The number of epoxide rings is 1. The van der Waals surface area contributed by atoms with Gasteiger partial charge in [-0.2, -0.15) is 0 Å². The third kappa shape index (κ3) is 9.48. The second-order valence-corrected chi connectivity index (χ2v) is 18.2. The zero-order valence-electron chi connectivity index (χ0n) is 37.4. The van der Waals surface area contributed by atoms with Crippen molar-refractivity contribution in [2.45, 2.75) is 95.9 Å². The van der Waals surface area contributed by atoms with Crippen LogP contribution in [0.1, 0.15) is 103 Å². The number of aliphatic imine (C=N–C) groups is 1. The minimum Gasteiger partial charge on any atom is -0.463 e. The summed E-state index contributed by atoms with van der Waals surface area (Å²) in [4.78, 5) is 57.9. The standard InChI is InChI=1S/C49H63N9O5/c1-7-54-38-23-33-12-9-8-11-32(33)22-36(38)28-62-45(61)49-44(60)42-35(26-47(3,4)25-31-15-16-40(50)56-27-31)13-10-14-37(42)43(59)48(49,63-49)19-17-30(2)21-39(58-46(51)53-6)34-18-20-55-41(24-34)57-29-52-5/h9-10,12-18,20,23-24,27,32,36,38-39,52,54H,7-8,11,19,21-22,25-26,28-29H2,1-6H3,(H2,50,56)(H,55,57)(H3,51,53,58). The summed E-state index contributed by atoms with van der Waals surface area (Å²) in [7, 11) is 3.45. The fourth-order valence-electron chi connectivity index (χ4n) is 9.71. The van der Waals surface area contributed by atoms with Gasteiger partial charge in [-0.25, -0.2) is 14.8 Å². The molecule has 7 rings (SSSR count). The Kier molecular flexibility index (Phi) is 13.6. The Bertz CT molecular complexity index is 2320. The molecule has 0 spiro atoms. The number of ketones is 2. The van der Waals surface area contributed by atoms with Gasteiger partial charge < -0.3 is 42.2 Å². The van der Waals surface area contributed by atoms with Gasteiger partial charge >= 0.3 is 5.97 Å². The molecule has 6 atom stereocenters. The van der Waals surface area contributed by atoms with Crippen molar-refractivity contribution in [3.05, 3.63) is 118 Å². The van der Waals surface area contributed by atoms with Crippen molar-refractivity contribution in [2.24, 2.45) is 28.0 Å². The number of Topliss-reactive ketones (excluding diaryl/α,β-unsaturated/α-hetero) is 2. The number of nitrogens with two attached hydrogens (primary N) is 2. The van der Waals surface area contributed by atoms with Crippen molar-refractivity contribution < 1.29 is 23.9 Å². The Morgan fingerprint density at radius 2 is 1.97 bits per heavy atom. The molecule has 63 heavy (non-hydrogen) atoms. The van der Waals surface area contributed by atoms with E-state index in [1.807, 2.05) is 44.3 Å². The molecule has 3 aromatic rings. The normalized spacial score (nSPS) is 24.7. The number of ether oxygens (including phenoxy) is 2. The van der Waals surface area contributed by atoms with Gasteiger partial charge in [0.2, 0.25) is 5.78 Å². The number of allylic oxidation sites excluding steroid dienone is 3. The van der Waals surface area contributed by atoms with Crippen molar-refractivity contribution in [1.29, 1.82) is 0 Å². The molecule has 6 unspecified atom stereocenters. The molecule has 3 heterocycles. The van der Waals surface area contributed by atoms with Crippen LogP contribution in [0.5, 0.6) is 0 Å². The quantitative estimate of drug-likeness (QED) is 0.0171. The maximum Gasteiger partial charge on any atom is 0.350 e. The van der Waals surface area contributed by atoms with Crippen LogP contribution in [0, 0.1) is 17.3 Å². The van der Waals surface area contributed by atoms with E-state index in [1.54, 1.807) is 37.6 Å². The number of aromatic nitrogens is 2. The van der Waals surface area contributed by atoms with Crippen LogP contribution in [0.25, 0.3) is 0 Å². The maximum absolute atomic E-state index is 15.2. The molecule has 1 saturated heterocycles. The predicted molar refractivity (Wildman–Crippen MR) is 246 cm³/mol. The molecule has 4 aliphatic rings. The zero-order valence-corrected chi connectivity index (χ0v) is 37.4. The predicted octanol–water partition coefficient (Wildman–Crippen LogP) is 5.78. The summed E-state index contributed by atoms with van der Waals surface area (Å²) in [6.07, 6.45) is 16.5. The Morgan fingerprint density at radius 3 is 2.71 bits per heavy atom. The highest BCUT2D eigenvalue weighted by Crippen LogP contribution is 2.59. The molecule has 14 heteroatoms. The Morgan fingerprint density at radius 1 is 1.14 bits per heavy atom. The second kappa shape index (κ2) is 19.0. The number of esters is 1. The number of carbonyl (C=O) groups is 3. The number of likely N-dealkylation sites (N-methyl/N-ethyl adjacent to an activating group) is 1. The van der Waals surface area contributed by atoms with Crippen LogP contribution in [0.4, 0.5) is 11.6 Å². The van der Waals surface area contributed by atoms with Crippen molar-refractivity contribution >= 4 is 35.1 Å². The Labute approximate surface area is 370 Å². The smallest absolute Gasteiger partial charge is 0.350 e. The van der Waals surface area contributed by atoms with Crippen LogP contribution in [0.2, 0.25) is 0 Å². The highest BCUT2D eigenvalue weighted by Gasteiger charge is 2.85. The average molecular weight is 858 g/mol. The van der Waals surface area contributed by atoms with E-state index in [0.717, 1.165) is 42.5 Å². The summed E-state index contributed by atoms with van der Waals surface area (Å²) in [5.41, 5.74) is 13.0. The molecule has 1 fully saturated rings. The van der Waals surface area contributed by atoms with Crippen LogP contribution < -0.4 is 32.7 Å². The topological polar surface area (TPSA) is 211 Å². The Balaban J connectivity index is 1.20. The number of nitrogen functional groups attached to an aromatic ring is 1.